The molecule has 2 aromatic rings. The molecule has 0 aliphatic carbocycles. The zero-order valence-corrected chi connectivity index (χ0v) is 18.1. The molecule has 2 unspecified atom stereocenters. The summed E-state index contributed by atoms with van der Waals surface area (Å²) < 4.78 is 0. The molecular weight excluding hydrogens is 377 g/mol. The van der Waals surface area contributed by atoms with Crippen LogP contribution in [-0.2, 0) is 10.2 Å². The number of carbonyl (C=O) groups is 1. The highest BCUT2D eigenvalue weighted by Crippen LogP contribution is 2.38. The summed E-state index contributed by atoms with van der Waals surface area (Å²) >= 11 is 12.3. The SMILES string of the molecule is CC(c1ccccc1)N(C)CCCC(C=O)(c1ccc(Cl)c(Cl)c1)C(C)C. The van der Waals surface area contributed by atoms with Gasteiger partial charge in [-0.15, -0.1) is 0 Å². The topological polar surface area (TPSA) is 20.3 Å². The van der Waals surface area contributed by atoms with Crippen LogP contribution in [0.1, 0.15) is 50.8 Å². The lowest BCUT2D eigenvalue weighted by atomic mass is 9.70. The first-order valence-corrected chi connectivity index (χ1v) is 10.2. The third-order valence-corrected chi connectivity index (χ3v) is 6.48. The molecule has 2 nitrogen and oxygen atoms in total. The van der Waals surface area contributed by atoms with Crippen molar-refractivity contribution >= 4 is 29.5 Å². The number of benzene rings is 2. The van der Waals surface area contributed by atoms with Gasteiger partial charge in [0.2, 0.25) is 0 Å². The normalized spacial score (nSPS) is 15.0. The molecule has 146 valence electrons. The van der Waals surface area contributed by atoms with E-state index >= 15 is 0 Å². The van der Waals surface area contributed by atoms with Crippen LogP contribution in [0.4, 0.5) is 0 Å². The van der Waals surface area contributed by atoms with Gasteiger partial charge in [0.15, 0.2) is 0 Å². The van der Waals surface area contributed by atoms with E-state index in [-0.39, 0.29) is 5.92 Å². The fourth-order valence-electron chi connectivity index (χ4n) is 3.62. The number of hydrogen-bond acceptors (Lipinski definition) is 2. The van der Waals surface area contributed by atoms with Crippen molar-refractivity contribution in [2.24, 2.45) is 5.92 Å². The van der Waals surface area contributed by atoms with Crippen molar-refractivity contribution < 1.29 is 4.79 Å². The minimum atomic E-state index is -0.551. The molecule has 0 amide bonds. The molecule has 27 heavy (non-hydrogen) atoms. The van der Waals surface area contributed by atoms with E-state index < -0.39 is 5.41 Å². The summed E-state index contributed by atoms with van der Waals surface area (Å²) in [5.74, 6) is 0.170. The van der Waals surface area contributed by atoms with Crippen LogP contribution in [0.25, 0.3) is 0 Å². The Balaban J connectivity index is 2.10. The standard InChI is InChI=1S/C23H29Cl2NO/c1-17(2)23(16-27,20-11-12-21(24)22(25)15-20)13-8-14-26(4)18(3)19-9-6-5-7-10-19/h5-7,9-12,15-18H,8,13-14H2,1-4H3. The monoisotopic (exact) mass is 405 g/mol. The summed E-state index contributed by atoms with van der Waals surface area (Å²) in [4.78, 5) is 14.5. The van der Waals surface area contributed by atoms with Crippen molar-refractivity contribution in [3.63, 3.8) is 0 Å². The van der Waals surface area contributed by atoms with Gasteiger partial charge in [-0.1, -0.05) is 73.4 Å². The van der Waals surface area contributed by atoms with Crippen molar-refractivity contribution in [2.45, 2.75) is 45.1 Å². The summed E-state index contributed by atoms with van der Waals surface area (Å²) in [6.45, 7) is 7.31. The molecule has 0 saturated carbocycles. The van der Waals surface area contributed by atoms with E-state index in [1.807, 2.05) is 18.2 Å². The molecule has 0 aliphatic heterocycles. The maximum atomic E-state index is 12.2. The third kappa shape index (κ3) is 5.13. The van der Waals surface area contributed by atoms with E-state index in [1.165, 1.54) is 5.56 Å². The van der Waals surface area contributed by atoms with E-state index in [0.717, 1.165) is 31.2 Å². The van der Waals surface area contributed by atoms with Crippen molar-refractivity contribution in [3.05, 3.63) is 69.7 Å². The van der Waals surface area contributed by atoms with Crippen molar-refractivity contribution in [3.8, 4) is 0 Å². The number of nitrogens with zero attached hydrogens (tertiary/aromatic N) is 1. The van der Waals surface area contributed by atoms with E-state index in [0.29, 0.717) is 16.1 Å². The molecule has 2 atom stereocenters. The lowest BCUT2D eigenvalue weighted by molar-refractivity contribution is -0.114. The zero-order chi connectivity index (χ0) is 20.0. The quantitative estimate of drug-likeness (QED) is 0.440. The molecule has 0 aromatic heterocycles. The lowest BCUT2D eigenvalue weighted by Crippen LogP contribution is -2.35. The van der Waals surface area contributed by atoms with Gasteiger partial charge in [0.1, 0.15) is 6.29 Å². The average molecular weight is 406 g/mol. The van der Waals surface area contributed by atoms with Gasteiger partial charge in [0.05, 0.1) is 15.5 Å². The average Bonchev–Trinajstić information content (AvgIpc) is 2.67. The molecule has 0 spiro atoms. The highest BCUT2D eigenvalue weighted by atomic mass is 35.5. The Labute approximate surface area is 173 Å². The van der Waals surface area contributed by atoms with Gasteiger partial charge in [-0.25, -0.2) is 0 Å². The summed E-state index contributed by atoms with van der Waals surface area (Å²) in [7, 11) is 2.13. The molecule has 0 radical (unpaired) electrons. The van der Waals surface area contributed by atoms with Crippen LogP contribution in [0.3, 0.4) is 0 Å². The maximum absolute atomic E-state index is 12.2. The van der Waals surface area contributed by atoms with Crippen LogP contribution in [0.2, 0.25) is 10.0 Å². The summed E-state index contributed by atoms with van der Waals surface area (Å²) in [5.41, 5.74) is 1.70. The van der Waals surface area contributed by atoms with Crippen molar-refractivity contribution in [1.82, 2.24) is 4.90 Å². The molecular formula is C23H29Cl2NO. The summed E-state index contributed by atoms with van der Waals surface area (Å²) in [6.07, 6.45) is 2.79. The van der Waals surface area contributed by atoms with E-state index in [2.05, 4.69) is 57.0 Å². The number of halogens is 2. The molecule has 0 bridgehead atoms. The van der Waals surface area contributed by atoms with Crippen LogP contribution in [0, 0.1) is 5.92 Å². The lowest BCUT2D eigenvalue weighted by Gasteiger charge is -2.34. The zero-order valence-electron chi connectivity index (χ0n) is 16.6. The number of hydrogen-bond donors (Lipinski definition) is 0. The second-order valence-corrected chi connectivity index (χ2v) is 8.43. The fourth-order valence-corrected chi connectivity index (χ4v) is 3.91. The van der Waals surface area contributed by atoms with E-state index in [1.54, 1.807) is 6.07 Å². The maximum Gasteiger partial charge on any atom is 0.130 e. The van der Waals surface area contributed by atoms with Crippen LogP contribution >= 0.6 is 23.2 Å². The van der Waals surface area contributed by atoms with Gasteiger partial charge in [0, 0.05) is 6.04 Å². The predicted molar refractivity (Wildman–Crippen MR) is 116 cm³/mol. The number of rotatable bonds is 9. The predicted octanol–water partition coefficient (Wildman–Crippen LogP) is 6.56. The van der Waals surface area contributed by atoms with Gasteiger partial charge in [-0.05, 0) is 62.5 Å². The number of carbonyl (C=O) groups excluding carboxylic acids is 1. The Morgan fingerprint density at radius 3 is 2.26 bits per heavy atom. The first-order valence-electron chi connectivity index (χ1n) is 9.49. The minimum absolute atomic E-state index is 0.170. The van der Waals surface area contributed by atoms with Crippen LogP contribution < -0.4 is 0 Å². The first-order chi connectivity index (χ1) is 12.8. The van der Waals surface area contributed by atoms with Crippen molar-refractivity contribution in [2.75, 3.05) is 13.6 Å². The van der Waals surface area contributed by atoms with Gasteiger partial charge < -0.3 is 4.79 Å². The van der Waals surface area contributed by atoms with Crippen LogP contribution in [-0.4, -0.2) is 24.8 Å². The molecule has 0 heterocycles. The fraction of sp³-hybridized carbons (Fsp3) is 0.435. The molecule has 0 fully saturated rings. The summed E-state index contributed by atoms with van der Waals surface area (Å²) in [5, 5.41) is 1.01. The largest absolute Gasteiger partial charge is 0.302 e. The molecule has 0 saturated heterocycles. The van der Waals surface area contributed by atoms with E-state index in [4.69, 9.17) is 23.2 Å². The highest BCUT2D eigenvalue weighted by molar-refractivity contribution is 6.42. The molecule has 0 aliphatic rings. The molecule has 0 N–H and O–H groups in total. The second kappa shape index (κ2) is 9.73. The Kier molecular flexibility index (Phi) is 7.91. The smallest absolute Gasteiger partial charge is 0.130 e. The van der Waals surface area contributed by atoms with Gasteiger partial charge in [-0.3, -0.25) is 4.90 Å². The third-order valence-electron chi connectivity index (χ3n) is 5.74. The molecule has 4 heteroatoms. The minimum Gasteiger partial charge on any atom is -0.302 e. The number of aldehydes is 1. The van der Waals surface area contributed by atoms with Crippen LogP contribution in [0.15, 0.2) is 48.5 Å². The van der Waals surface area contributed by atoms with Gasteiger partial charge in [-0.2, -0.15) is 0 Å². The van der Waals surface area contributed by atoms with Gasteiger partial charge >= 0.3 is 0 Å². The first kappa shape index (κ1) is 21.9. The Morgan fingerprint density at radius 2 is 1.70 bits per heavy atom. The van der Waals surface area contributed by atoms with Crippen molar-refractivity contribution in [1.29, 1.82) is 0 Å². The molecule has 2 rings (SSSR count). The molecule has 2 aromatic carbocycles. The summed E-state index contributed by atoms with van der Waals surface area (Å²) in [6, 6.07) is 16.4. The second-order valence-electron chi connectivity index (χ2n) is 7.61. The Hall–Kier alpha value is -1.35. The highest BCUT2D eigenvalue weighted by Gasteiger charge is 2.35. The Bertz CT molecular complexity index is 747. The van der Waals surface area contributed by atoms with Gasteiger partial charge in [0.25, 0.3) is 0 Å². The van der Waals surface area contributed by atoms with E-state index in [9.17, 15) is 4.79 Å². The van der Waals surface area contributed by atoms with Crippen LogP contribution in [0.5, 0.6) is 0 Å². The Morgan fingerprint density at radius 1 is 1.04 bits per heavy atom.